The molecule has 0 aliphatic rings. The molecule has 0 radical (unpaired) electrons. The predicted octanol–water partition coefficient (Wildman–Crippen LogP) is 22.8. The van der Waals surface area contributed by atoms with Gasteiger partial charge in [0.25, 0.3) is 0 Å². The van der Waals surface area contributed by atoms with Gasteiger partial charge >= 0.3 is 11.9 Å². The van der Waals surface area contributed by atoms with Gasteiger partial charge in [0.15, 0.2) is 12.4 Å². The van der Waals surface area contributed by atoms with Crippen molar-refractivity contribution < 1.29 is 42.9 Å². The van der Waals surface area contributed by atoms with E-state index in [1.165, 1.54) is 289 Å². The molecular weight excluding hydrogens is 1090 g/mol. The lowest BCUT2D eigenvalue weighted by atomic mass is 10.0. The van der Waals surface area contributed by atoms with E-state index in [0.29, 0.717) is 17.4 Å². The van der Waals surface area contributed by atoms with E-state index in [0.717, 1.165) is 64.2 Å². The number of carbonyl (C=O) groups excluding carboxylic acids is 3. The molecule has 0 bridgehead atoms. The quantitative estimate of drug-likeness (QED) is 0.0195. The SMILES string of the molecule is CC/C=C\C/C=C\C/C=C\C/C=C\CCCCCCCCCCCCCCCCCCCCCCCCCCCCCCC(=O)OC(COC(=O)CCCCCCCCCCCCCCCCCCCCCCCC)COC(OCC[N+](C)(C)C)C(=O)[O-]. The number of unbranched alkanes of at least 4 members (excludes halogenated alkanes) is 49. The molecule has 0 fully saturated rings. The van der Waals surface area contributed by atoms with Crippen molar-refractivity contribution in [2.45, 2.75) is 392 Å². The summed E-state index contributed by atoms with van der Waals surface area (Å²) in [5.41, 5.74) is 0. The first kappa shape index (κ1) is 85.2. The Kier molecular flexibility index (Phi) is 67.9. The molecule has 2 unspecified atom stereocenters. The van der Waals surface area contributed by atoms with Crippen LogP contribution in [0.15, 0.2) is 48.6 Å². The number of aliphatic carboxylic acids is 1. The molecule has 0 aliphatic carbocycles. The highest BCUT2D eigenvalue weighted by atomic mass is 16.7. The average Bonchev–Trinajstić information content (AvgIpc) is 3.55. The number of carboxylic acids is 1. The number of likely N-dealkylation sites (N-methyl/N-ethyl adjacent to an activating group) is 1. The third-order valence-electron chi connectivity index (χ3n) is 17.3. The van der Waals surface area contributed by atoms with E-state index >= 15 is 0 Å². The summed E-state index contributed by atoms with van der Waals surface area (Å²) in [5, 5.41) is 11.8. The minimum atomic E-state index is -1.62. The second-order valence-electron chi connectivity index (χ2n) is 27.3. The summed E-state index contributed by atoms with van der Waals surface area (Å²) in [6.45, 7) is 4.71. The summed E-state index contributed by atoms with van der Waals surface area (Å²) in [6, 6.07) is 0. The Morgan fingerprint density at radius 2 is 0.648 bits per heavy atom. The third kappa shape index (κ3) is 70.7. The molecule has 2 atom stereocenters. The van der Waals surface area contributed by atoms with Gasteiger partial charge < -0.3 is 33.3 Å². The fourth-order valence-corrected chi connectivity index (χ4v) is 11.5. The lowest BCUT2D eigenvalue weighted by molar-refractivity contribution is -0.870. The minimum absolute atomic E-state index is 0.152. The zero-order chi connectivity index (χ0) is 64.0. The van der Waals surface area contributed by atoms with Gasteiger partial charge in [-0.25, -0.2) is 0 Å². The first-order valence-electron chi connectivity index (χ1n) is 38.3. The number of ether oxygens (including phenoxy) is 4. The van der Waals surface area contributed by atoms with Gasteiger partial charge in [0.2, 0.25) is 0 Å². The van der Waals surface area contributed by atoms with Gasteiger partial charge in [-0.1, -0.05) is 364 Å². The van der Waals surface area contributed by atoms with E-state index in [1.807, 2.05) is 21.1 Å². The topological polar surface area (TPSA) is 111 Å². The molecule has 0 aliphatic heterocycles. The lowest BCUT2D eigenvalue weighted by Crippen LogP contribution is -2.44. The van der Waals surface area contributed by atoms with E-state index in [2.05, 4.69) is 62.5 Å². The monoisotopic (exact) mass is 1240 g/mol. The number of allylic oxidation sites excluding steroid dienone is 8. The molecule has 0 N–H and O–H groups in total. The van der Waals surface area contributed by atoms with Crippen molar-refractivity contribution in [3.8, 4) is 0 Å². The van der Waals surface area contributed by atoms with E-state index in [-0.39, 0.29) is 32.2 Å². The number of esters is 2. The Balaban J connectivity index is 3.93. The molecule has 88 heavy (non-hydrogen) atoms. The molecule has 0 aromatic rings. The highest BCUT2D eigenvalue weighted by Gasteiger charge is 2.22. The van der Waals surface area contributed by atoms with Gasteiger partial charge in [0, 0.05) is 12.8 Å². The zero-order valence-electron chi connectivity index (χ0n) is 59.1. The number of carbonyl (C=O) groups is 3. The molecule has 9 heteroatoms. The van der Waals surface area contributed by atoms with Crippen molar-refractivity contribution in [1.82, 2.24) is 0 Å². The van der Waals surface area contributed by atoms with Crippen molar-refractivity contribution in [1.29, 1.82) is 0 Å². The maximum atomic E-state index is 13.0. The Bertz CT molecular complexity index is 1580. The molecule has 0 amide bonds. The van der Waals surface area contributed by atoms with E-state index in [9.17, 15) is 19.5 Å². The van der Waals surface area contributed by atoms with Crippen LogP contribution in [0.25, 0.3) is 0 Å². The van der Waals surface area contributed by atoms with E-state index in [4.69, 9.17) is 18.9 Å². The number of carboxylic acid groups (broad SMARTS) is 1. The number of hydrogen-bond acceptors (Lipinski definition) is 8. The van der Waals surface area contributed by atoms with Crippen LogP contribution in [0.3, 0.4) is 0 Å². The fourth-order valence-electron chi connectivity index (χ4n) is 11.5. The molecule has 0 saturated heterocycles. The van der Waals surface area contributed by atoms with Crippen LogP contribution in [-0.2, 0) is 33.3 Å². The third-order valence-corrected chi connectivity index (χ3v) is 17.3. The first-order chi connectivity index (χ1) is 43.1. The molecule has 0 aromatic heterocycles. The van der Waals surface area contributed by atoms with Crippen molar-refractivity contribution in [3.05, 3.63) is 48.6 Å². The Morgan fingerprint density at radius 1 is 0.352 bits per heavy atom. The van der Waals surface area contributed by atoms with Gasteiger partial charge in [0.05, 0.1) is 40.3 Å². The predicted molar refractivity (Wildman–Crippen MR) is 376 cm³/mol. The van der Waals surface area contributed by atoms with E-state index < -0.39 is 24.3 Å². The minimum Gasteiger partial charge on any atom is -0.545 e. The van der Waals surface area contributed by atoms with Crippen molar-refractivity contribution >= 4 is 17.9 Å². The largest absolute Gasteiger partial charge is 0.545 e. The average molecular weight is 1240 g/mol. The molecule has 0 rings (SSSR count). The fraction of sp³-hybridized carbons (Fsp3) is 0.861. The van der Waals surface area contributed by atoms with E-state index in [1.54, 1.807) is 0 Å². The van der Waals surface area contributed by atoms with Crippen molar-refractivity contribution in [2.24, 2.45) is 0 Å². The summed E-state index contributed by atoms with van der Waals surface area (Å²) < 4.78 is 22.9. The highest BCUT2D eigenvalue weighted by Crippen LogP contribution is 2.20. The Labute approximate surface area is 546 Å². The van der Waals surface area contributed by atoms with Crippen LogP contribution in [0, 0.1) is 0 Å². The maximum absolute atomic E-state index is 13.0. The van der Waals surface area contributed by atoms with Crippen LogP contribution in [0.2, 0.25) is 0 Å². The molecule has 0 spiro atoms. The smallest absolute Gasteiger partial charge is 0.306 e. The number of rotatable bonds is 72. The Hall–Kier alpha value is -2.75. The molecule has 0 heterocycles. The number of nitrogens with zero attached hydrogens (tertiary/aromatic N) is 1. The van der Waals surface area contributed by atoms with Gasteiger partial charge in [-0.15, -0.1) is 0 Å². The van der Waals surface area contributed by atoms with Crippen LogP contribution in [-0.4, -0.2) is 82.3 Å². The second kappa shape index (κ2) is 70.1. The Morgan fingerprint density at radius 3 is 0.966 bits per heavy atom. The zero-order valence-corrected chi connectivity index (χ0v) is 59.1. The summed E-state index contributed by atoms with van der Waals surface area (Å²) in [5.74, 6) is -2.25. The number of quaternary nitrogens is 1. The molecule has 0 aromatic carbocycles. The maximum Gasteiger partial charge on any atom is 0.306 e. The summed E-state index contributed by atoms with van der Waals surface area (Å²) in [6.07, 6.45) is 88.0. The first-order valence-corrected chi connectivity index (χ1v) is 38.3. The van der Waals surface area contributed by atoms with Gasteiger partial charge in [-0.3, -0.25) is 9.59 Å². The summed E-state index contributed by atoms with van der Waals surface area (Å²) >= 11 is 0. The highest BCUT2D eigenvalue weighted by molar-refractivity contribution is 5.70. The molecule has 9 nitrogen and oxygen atoms in total. The van der Waals surface area contributed by atoms with Crippen LogP contribution in [0.5, 0.6) is 0 Å². The van der Waals surface area contributed by atoms with Crippen LogP contribution >= 0.6 is 0 Å². The van der Waals surface area contributed by atoms with Crippen molar-refractivity contribution in [3.63, 3.8) is 0 Å². The normalized spacial score (nSPS) is 12.9. The molecular formula is C79H147NO8. The molecule has 0 saturated carbocycles. The molecule has 516 valence electrons. The summed E-state index contributed by atoms with van der Waals surface area (Å²) in [4.78, 5) is 37.5. The second-order valence-corrected chi connectivity index (χ2v) is 27.3. The number of hydrogen-bond donors (Lipinski definition) is 0. The van der Waals surface area contributed by atoms with Crippen LogP contribution < -0.4 is 5.11 Å². The van der Waals surface area contributed by atoms with Crippen LogP contribution in [0.4, 0.5) is 0 Å². The van der Waals surface area contributed by atoms with Gasteiger partial charge in [-0.05, 0) is 51.4 Å². The van der Waals surface area contributed by atoms with Crippen molar-refractivity contribution in [2.75, 3.05) is 47.5 Å². The van der Waals surface area contributed by atoms with Gasteiger partial charge in [-0.2, -0.15) is 0 Å². The summed E-state index contributed by atoms with van der Waals surface area (Å²) in [7, 11) is 5.95. The van der Waals surface area contributed by atoms with Crippen LogP contribution in [0.1, 0.15) is 380 Å². The lowest BCUT2D eigenvalue weighted by Gasteiger charge is -2.26. The van der Waals surface area contributed by atoms with Gasteiger partial charge in [0.1, 0.15) is 13.2 Å². The standard InChI is InChI=1S/C79H147NO8/c1-6-8-10-12-14-16-18-20-22-24-26-28-30-31-32-33-34-35-36-37-38-39-40-41-42-43-44-45-46-47-48-50-52-54-56-58-60-62-64-66-68-70-77(82)88-75(74-87-79(78(83)84)85-72-71-80(3,4)5)73-86-76(81)69-67-65-63-61-59-57-55-53-51-49-29-27-25-23-21-19-17-15-13-11-9-7-2/h8,10,14,16,20,22,26,28,75,79H,6-7,9,11-13,15,17-19,21,23-25,27,29-74H2,1-5H3/b10-8-,16-14-,22-20-,28-26-.